The molecule has 7 heteroatoms. The van der Waals surface area contributed by atoms with Crippen LogP contribution in [-0.4, -0.2) is 49.8 Å². The van der Waals surface area contributed by atoms with E-state index in [0.29, 0.717) is 31.7 Å². The summed E-state index contributed by atoms with van der Waals surface area (Å²) in [5, 5.41) is 5.61. The van der Waals surface area contributed by atoms with Gasteiger partial charge in [0.25, 0.3) is 5.91 Å². The van der Waals surface area contributed by atoms with E-state index < -0.39 is 5.54 Å². The van der Waals surface area contributed by atoms with Gasteiger partial charge < -0.3 is 9.80 Å². The van der Waals surface area contributed by atoms with Gasteiger partial charge in [-0.25, -0.2) is 0 Å². The number of rotatable bonds is 3. The molecular formula is C18H20N4O2S. The van der Waals surface area contributed by atoms with Gasteiger partial charge in [-0.3, -0.25) is 9.59 Å². The number of carbonyl (C=O) groups excluding carboxylic acids is 2. The highest BCUT2D eigenvalue weighted by Crippen LogP contribution is 2.38. The minimum absolute atomic E-state index is 0.0946. The summed E-state index contributed by atoms with van der Waals surface area (Å²) in [6, 6.07) is 10.0. The molecule has 1 aromatic carbocycles. The number of hydrogen-bond donors (Lipinski definition) is 0. The molecule has 0 bridgehead atoms. The molecule has 2 aliphatic heterocycles. The van der Waals surface area contributed by atoms with Crippen LogP contribution in [-0.2, 0) is 11.3 Å². The van der Waals surface area contributed by atoms with Crippen molar-refractivity contribution in [3.63, 3.8) is 0 Å². The number of aromatic nitrogens is 2. The first-order valence-electron chi connectivity index (χ1n) is 8.59. The van der Waals surface area contributed by atoms with Gasteiger partial charge in [0, 0.05) is 25.0 Å². The lowest BCUT2D eigenvalue weighted by Gasteiger charge is -2.44. The smallest absolute Gasteiger partial charge is 0.275 e. The third-order valence-electron chi connectivity index (χ3n) is 5.21. The van der Waals surface area contributed by atoms with Gasteiger partial charge in [0.15, 0.2) is 5.69 Å². The van der Waals surface area contributed by atoms with Gasteiger partial charge in [-0.05, 0) is 36.4 Å². The van der Waals surface area contributed by atoms with Crippen molar-refractivity contribution in [2.45, 2.75) is 37.8 Å². The van der Waals surface area contributed by atoms with Crippen LogP contribution in [0.25, 0.3) is 0 Å². The molecule has 1 spiro atoms. The summed E-state index contributed by atoms with van der Waals surface area (Å²) in [4.78, 5) is 29.3. The molecule has 4 rings (SSSR count). The quantitative estimate of drug-likeness (QED) is 0.847. The average Bonchev–Trinajstić information content (AvgIpc) is 3.25. The molecule has 2 amide bonds. The second kappa shape index (κ2) is 6.55. The summed E-state index contributed by atoms with van der Waals surface area (Å²) >= 11 is 1.18. The first-order valence-corrected chi connectivity index (χ1v) is 9.42. The fraction of sp³-hybridized carbons (Fsp3) is 0.444. The Kier molecular flexibility index (Phi) is 4.25. The molecule has 1 unspecified atom stereocenters. The Morgan fingerprint density at radius 3 is 2.84 bits per heavy atom. The van der Waals surface area contributed by atoms with E-state index in [2.05, 4.69) is 9.59 Å². The van der Waals surface area contributed by atoms with Crippen LogP contribution in [0.3, 0.4) is 0 Å². The summed E-state index contributed by atoms with van der Waals surface area (Å²) in [5.41, 5.74) is 1.11. The van der Waals surface area contributed by atoms with Gasteiger partial charge in [0.05, 0.1) is 12.0 Å². The Morgan fingerprint density at radius 2 is 2.08 bits per heavy atom. The zero-order valence-electron chi connectivity index (χ0n) is 13.9. The molecule has 3 heterocycles. The van der Waals surface area contributed by atoms with Crippen LogP contribution in [0.5, 0.6) is 0 Å². The van der Waals surface area contributed by atoms with Crippen molar-refractivity contribution in [1.82, 2.24) is 19.4 Å². The van der Waals surface area contributed by atoms with Crippen LogP contribution < -0.4 is 0 Å². The standard InChI is InChI=1S/C18H20N4O2S/c23-16-10-18(13-21(16)11-14-6-2-1-3-7-14)8-4-5-9-22(18)17(24)15-12-25-20-19-15/h1-3,6-7,12H,4-5,8-11,13H2. The van der Waals surface area contributed by atoms with E-state index in [4.69, 9.17) is 0 Å². The minimum Gasteiger partial charge on any atom is -0.336 e. The molecule has 0 radical (unpaired) electrons. The Balaban J connectivity index is 1.57. The van der Waals surface area contributed by atoms with Crippen molar-refractivity contribution in [1.29, 1.82) is 0 Å². The summed E-state index contributed by atoms with van der Waals surface area (Å²) < 4.78 is 3.81. The van der Waals surface area contributed by atoms with E-state index in [0.717, 1.165) is 24.8 Å². The summed E-state index contributed by atoms with van der Waals surface area (Å²) in [5.74, 6) is 0.0303. The van der Waals surface area contributed by atoms with Crippen molar-refractivity contribution in [2.24, 2.45) is 0 Å². The van der Waals surface area contributed by atoms with E-state index >= 15 is 0 Å². The predicted octanol–water partition coefficient (Wildman–Crippen LogP) is 2.34. The van der Waals surface area contributed by atoms with E-state index in [1.165, 1.54) is 11.5 Å². The molecule has 1 atom stereocenters. The van der Waals surface area contributed by atoms with E-state index in [9.17, 15) is 9.59 Å². The topological polar surface area (TPSA) is 66.4 Å². The molecule has 2 aliphatic rings. The molecule has 2 fully saturated rings. The number of carbonyl (C=O) groups is 2. The largest absolute Gasteiger partial charge is 0.336 e. The highest BCUT2D eigenvalue weighted by atomic mass is 32.1. The van der Waals surface area contributed by atoms with Crippen LogP contribution in [0.15, 0.2) is 35.7 Å². The van der Waals surface area contributed by atoms with E-state index in [1.54, 1.807) is 5.38 Å². The molecule has 0 N–H and O–H groups in total. The number of nitrogens with zero attached hydrogens (tertiary/aromatic N) is 4. The number of piperidine rings is 1. The molecule has 2 saturated heterocycles. The molecule has 25 heavy (non-hydrogen) atoms. The van der Waals surface area contributed by atoms with Crippen molar-refractivity contribution in [2.75, 3.05) is 13.1 Å². The van der Waals surface area contributed by atoms with Crippen molar-refractivity contribution < 1.29 is 9.59 Å². The lowest BCUT2D eigenvalue weighted by Crippen LogP contribution is -2.56. The summed E-state index contributed by atoms with van der Waals surface area (Å²) in [6.07, 6.45) is 3.29. The van der Waals surface area contributed by atoms with Crippen molar-refractivity contribution in [3.05, 3.63) is 47.0 Å². The molecule has 130 valence electrons. The molecule has 0 aliphatic carbocycles. The fourth-order valence-electron chi connectivity index (χ4n) is 4.00. The molecular weight excluding hydrogens is 336 g/mol. The highest BCUT2D eigenvalue weighted by Gasteiger charge is 2.50. The maximum Gasteiger partial charge on any atom is 0.275 e. The number of amides is 2. The van der Waals surface area contributed by atoms with Gasteiger partial charge in [0.1, 0.15) is 0 Å². The second-order valence-electron chi connectivity index (χ2n) is 6.84. The zero-order chi connectivity index (χ0) is 17.3. The Morgan fingerprint density at radius 1 is 1.24 bits per heavy atom. The molecule has 2 aromatic rings. The maximum atomic E-state index is 12.9. The van der Waals surface area contributed by atoms with Crippen molar-refractivity contribution in [3.8, 4) is 0 Å². The maximum absolute atomic E-state index is 12.9. The molecule has 1 aromatic heterocycles. The van der Waals surface area contributed by atoms with Gasteiger partial charge in [-0.1, -0.05) is 34.8 Å². The summed E-state index contributed by atoms with van der Waals surface area (Å²) in [7, 11) is 0. The lowest BCUT2D eigenvalue weighted by atomic mass is 9.85. The number of benzene rings is 1. The molecule has 6 nitrogen and oxygen atoms in total. The number of hydrogen-bond acceptors (Lipinski definition) is 5. The van der Waals surface area contributed by atoms with Crippen molar-refractivity contribution >= 4 is 23.3 Å². The van der Waals surface area contributed by atoms with Crippen LogP contribution >= 0.6 is 11.5 Å². The van der Waals surface area contributed by atoms with E-state index in [1.807, 2.05) is 40.1 Å². The lowest BCUT2D eigenvalue weighted by molar-refractivity contribution is -0.128. The second-order valence-corrected chi connectivity index (χ2v) is 7.45. The Hall–Kier alpha value is -2.28. The van der Waals surface area contributed by atoms with Gasteiger partial charge in [-0.2, -0.15) is 0 Å². The SMILES string of the molecule is O=C1CC2(CCCCN2C(=O)c2csnn2)CN1Cc1ccccc1. The zero-order valence-corrected chi connectivity index (χ0v) is 14.7. The first kappa shape index (κ1) is 16.2. The normalized spacial score (nSPS) is 23.4. The predicted molar refractivity (Wildman–Crippen MR) is 94.0 cm³/mol. The van der Waals surface area contributed by atoms with Crippen LogP contribution in [0.4, 0.5) is 0 Å². The monoisotopic (exact) mass is 356 g/mol. The third-order valence-corrected chi connectivity index (χ3v) is 5.71. The minimum atomic E-state index is -0.398. The Labute approximate surface area is 150 Å². The fourth-order valence-corrected chi connectivity index (χ4v) is 4.43. The Bertz CT molecular complexity index is 765. The first-order chi connectivity index (χ1) is 12.2. The number of likely N-dealkylation sites (tertiary alicyclic amines) is 2. The van der Waals surface area contributed by atoms with Gasteiger partial charge >= 0.3 is 0 Å². The molecule has 0 saturated carbocycles. The average molecular weight is 356 g/mol. The third kappa shape index (κ3) is 3.04. The van der Waals surface area contributed by atoms with Gasteiger partial charge in [0.2, 0.25) is 5.91 Å². The van der Waals surface area contributed by atoms with Crippen LogP contribution in [0.1, 0.15) is 41.7 Å². The highest BCUT2D eigenvalue weighted by molar-refractivity contribution is 7.03. The van der Waals surface area contributed by atoms with E-state index in [-0.39, 0.29) is 11.8 Å². The van der Waals surface area contributed by atoms with Crippen LogP contribution in [0.2, 0.25) is 0 Å². The summed E-state index contributed by atoms with van der Waals surface area (Å²) in [6.45, 7) is 1.88. The van der Waals surface area contributed by atoms with Gasteiger partial charge in [-0.15, -0.1) is 5.10 Å². The van der Waals surface area contributed by atoms with Crippen LogP contribution in [0, 0.1) is 0 Å².